The number of aliphatic hydroxyl groups excluding tert-OH is 1. The summed E-state index contributed by atoms with van der Waals surface area (Å²) in [6, 6.07) is 0. The van der Waals surface area contributed by atoms with Crippen molar-refractivity contribution in [2.45, 2.75) is 30.0 Å². The van der Waals surface area contributed by atoms with Gasteiger partial charge in [0.1, 0.15) is 6.33 Å². The summed E-state index contributed by atoms with van der Waals surface area (Å²) < 4.78 is 4.98. The second kappa shape index (κ2) is 7.29. The minimum atomic E-state index is 0.323. The van der Waals surface area contributed by atoms with Gasteiger partial charge in [0.25, 0.3) is 0 Å². The molecule has 1 aromatic rings. The van der Waals surface area contributed by atoms with Gasteiger partial charge >= 0.3 is 0 Å². The molecule has 0 bridgehead atoms. The molecule has 0 radical (unpaired) electrons. The summed E-state index contributed by atoms with van der Waals surface area (Å²) in [5, 5.41) is 8.55. The molecule has 0 aliphatic carbocycles. The molecule has 5 heteroatoms. The summed E-state index contributed by atoms with van der Waals surface area (Å²) in [5.41, 5.74) is 0. The molecule has 0 atom stereocenters. The molecule has 0 fully saturated rings. The van der Waals surface area contributed by atoms with Crippen LogP contribution >= 0.6 is 23.3 Å². The van der Waals surface area contributed by atoms with Crippen LogP contribution in [-0.2, 0) is 0 Å². The van der Waals surface area contributed by atoms with Gasteiger partial charge in [-0.25, -0.2) is 4.98 Å². The molecule has 1 aromatic heterocycles. The van der Waals surface area contributed by atoms with E-state index in [2.05, 4.69) is 9.36 Å². The molecule has 0 amide bonds. The third-order valence-electron chi connectivity index (χ3n) is 1.62. The van der Waals surface area contributed by atoms with Gasteiger partial charge in [0.15, 0.2) is 4.34 Å². The summed E-state index contributed by atoms with van der Waals surface area (Å²) in [6.07, 6.45) is 6.06. The summed E-state index contributed by atoms with van der Waals surface area (Å²) in [7, 11) is 0. The first-order valence-corrected chi connectivity index (χ1v) is 6.19. The van der Waals surface area contributed by atoms with Gasteiger partial charge in [-0.05, 0) is 24.4 Å². The quantitative estimate of drug-likeness (QED) is 0.563. The van der Waals surface area contributed by atoms with Crippen molar-refractivity contribution in [1.29, 1.82) is 0 Å². The molecule has 0 aliphatic rings. The van der Waals surface area contributed by atoms with E-state index in [1.54, 1.807) is 18.1 Å². The first-order valence-electron chi connectivity index (χ1n) is 4.44. The SMILES string of the molecule is OCCCCCCSc1ncns1. The minimum Gasteiger partial charge on any atom is -0.396 e. The van der Waals surface area contributed by atoms with Gasteiger partial charge in [-0.2, -0.15) is 4.37 Å². The molecule has 0 saturated heterocycles. The van der Waals surface area contributed by atoms with E-state index in [1.807, 2.05) is 0 Å². The monoisotopic (exact) mass is 218 g/mol. The van der Waals surface area contributed by atoms with E-state index in [0.717, 1.165) is 22.9 Å². The second-order valence-corrected chi connectivity index (χ2v) is 4.82. The molecule has 3 nitrogen and oxygen atoms in total. The maximum Gasteiger partial charge on any atom is 0.169 e. The fourth-order valence-corrected chi connectivity index (χ4v) is 2.47. The predicted octanol–water partition coefficient (Wildman–Crippen LogP) is 2.18. The number of hydrogen-bond donors (Lipinski definition) is 1. The molecular weight excluding hydrogens is 204 g/mol. The maximum atomic E-state index is 8.55. The number of nitrogens with zero attached hydrogens (tertiary/aromatic N) is 2. The van der Waals surface area contributed by atoms with Crippen molar-refractivity contribution < 1.29 is 5.11 Å². The Hall–Kier alpha value is -0.130. The van der Waals surface area contributed by atoms with Gasteiger partial charge in [0, 0.05) is 12.4 Å². The number of aromatic nitrogens is 2. The average Bonchev–Trinajstić information content (AvgIpc) is 2.63. The highest BCUT2D eigenvalue weighted by Gasteiger charge is 1.96. The third kappa shape index (κ3) is 5.23. The molecule has 0 spiro atoms. The van der Waals surface area contributed by atoms with Crippen LogP contribution in [-0.4, -0.2) is 26.8 Å². The molecular formula is C8H14N2OS2. The van der Waals surface area contributed by atoms with Gasteiger partial charge in [-0.3, -0.25) is 0 Å². The van der Waals surface area contributed by atoms with E-state index in [4.69, 9.17) is 5.11 Å². The van der Waals surface area contributed by atoms with Gasteiger partial charge in [0.05, 0.1) is 0 Å². The van der Waals surface area contributed by atoms with E-state index < -0.39 is 0 Å². The molecule has 1 N–H and O–H groups in total. The molecule has 0 aliphatic heterocycles. The largest absolute Gasteiger partial charge is 0.396 e. The van der Waals surface area contributed by atoms with Crippen molar-refractivity contribution in [2.75, 3.05) is 12.4 Å². The highest BCUT2D eigenvalue weighted by molar-refractivity contribution is 8.00. The minimum absolute atomic E-state index is 0.323. The van der Waals surface area contributed by atoms with E-state index >= 15 is 0 Å². The highest BCUT2D eigenvalue weighted by atomic mass is 32.2. The summed E-state index contributed by atoms with van der Waals surface area (Å²) >= 11 is 3.22. The zero-order valence-corrected chi connectivity index (χ0v) is 9.11. The lowest BCUT2D eigenvalue weighted by Crippen LogP contribution is -1.85. The van der Waals surface area contributed by atoms with Crippen LogP contribution in [0, 0.1) is 0 Å². The molecule has 0 aromatic carbocycles. The smallest absolute Gasteiger partial charge is 0.169 e. The lowest BCUT2D eigenvalue weighted by Gasteiger charge is -1.97. The molecule has 13 heavy (non-hydrogen) atoms. The number of unbranched alkanes of at least 4 members (excludes halogenated alkanes) is 3. The zero-order valence-electron chi connectivity index (χ0n) is 7.48. The Kier molecular flexibility index (Phi) is 6.14. The van der Waals surface area contributed by atoms with Crippen LogP contribution in [0.3, 0.4) is 0 Å². The lowest BCUT2D eigenvalue weighted by molar-refractivity contribution is 0.283. The van der Waals surface area contributed by atoms with Gasteiger partial charge in [0.2, 0.25) is 0 Å². The van der Waals surface area contributed by atoms with Crippen LogP contribution in [0.2, 0.25) is 0 Å². The fraction of sp³-hybridized carbons (Fsp3) is 0.750. The Bertz CT molecular complexity index is 204. The van der Waals surface area contributed by atoms with E-state index in [1.165, 1.54) is 24.4 Å². The molecule has 1 heterocycles. The van der Waals surface area contributed by atoms with Crippen LogP contribution in [0.4, 0.5) is 0 Å². The Morgan fingerprint density at radius 2 is 2.15 bits per heavy atom. The second-order valence-electron chi connectivity index (χ2n) is 2.69. The first kappa shape index (κ1) is 10.9. The average molecular weight is 218 g/mol. The van der Waals surface area contributed by atoms with Crippen molar-refractivity contribution in [3.63, 3.8) is 0 Å². The lowest BCUT2D eigenvalue weighted by atomic mass is 10.2. The van der Waals surface area contributed by atoms with Crippen LogP contribution in [0.5, 0.6) is 0 Å². The Morgan fingerprint density at radius 3 is 2.85 bits per heavy atom. The molecule has 0 saturated carbocycles. The number of hydrogen-bond acceptors (Lipinski definition) is 5. The van der Waals surface area contributed by atoms with Crippen molar-refractivity contribution in [1.82, 2.24) is 9.36 Å². The zero-order chi connectivity index (χ0) is 9.36. The van der Waals surface area contributed by atoms with Gasteiger partial charge < -0.3 is 5.11 Å². The van der Waals surface area contributed by atoms with Gasteiger partial charge in [-0.15, -0.1) is 0 Å². The summed E-state index contributed by atoms with van der Waals surface area (Å²) in [6.45, 7) is 0.323. The van der Waals surface area contributed by atoms with E-state index in [-0.39, 0.29) is 0 Å². The Morgan fingerprint density at radius 1 is 1.31 bits per heavy atom. The van der Waals surface area contributed by atoms with Crippen molar-refractivity contribution >= 4 is 23.3 Å². The number of aliphatic hydroxyl groups is 1. The molecule has 74 valence electrons. The predicted molar refractivity (Wildman–Crippen MR) is 56.2 cm³/mol. The molecule has 1 rings (SSSR count). The summed E-state index contributed by atoms with van der Waals surface area (Å²) in [5.74, 6) is 1.11. The Balaban J connectivity index is 1.90. The maximum absolute atomic E-state index is 8.55. The van der Waals surface area contributed by atoms with Crippen molar-refractivity contribution in [3.8, 4) is 0 Å². The van der Waals surface area contributed by atoms with E-state index in [9.17, 15) is 0 Å². The van der Waals surface area contributed by atoms with Crippen LogP contribution in [0.15, 0.2) is 10.7 Å². The standard InChI is InChI=1S/C8H14N2OS2/c11-5-3-1-2-4-6-12-8-9-7-10-13-8/h7,11H,1-6H2. The van der Waals surface area contributed by atoms with Crippen molar-refractivity contribution in [2.24, 2.45) is 0 Å². The topological polar surface area (TPSA) is 46.0 Å². The van der Waals surface area contributed by atoms with Crippen molar-refractivity contribution in [3.05, 3.63) is 6.33 Å². The van der Waals surface area contributed by atoms with E-state index in [0.29, 0.717) is 6.61 Å². The first-order chi connectivity index (χ1) is 6.43. The number of rotatable bonds is 7. The number of thioether (sulfide) groups is 1. The van der Waals surface area contributed by atoms with Crippen LogP contribution < -0.4 is 0 Å². The van der Waals surface area contributed by atoms with Crippen LogP contribution in [0.25, 0.3) is 0 Å². The fourth-order valence-electron chi connectivity index (χ4n) is 0.953. The normalized spacial score (nSPS) is 10.5. The van der Waals surface area contributed by atoms with Crippen LogP contribution in [0.1, 0.15) is 25.7 Å². The highest BCUT2D eigenvalue weighted by Crippen LogP contribution is 2.19. The van der Waals surface area contributed by atoms with Gasteiger partial charge in [-0.1, -0.05) is 24.6 Å². The Labute approximate surface area is 86.8 Å². The third-order valence-corrected chi connectivity index (χ3v) is 3.50. The summed E-state index contributed by atoms with van der Waals surface area (Å²) in [4.78, 5) is 4.08. The molecule has 0 unspecified atom stereocenters.